The number of rotatable bonds is 5. The molecule has 0 atom stereocenters. The first-order valence-corrected chi connectivity index (χ1v) is 9.30. The zero-order valence-electron chi connectivity index (χ0n) is 15.5. The standard InChI is InChI=1S/C20H20N8/c1-14-10-18-20(22-8-9-28(18)26-14)23-11-15-12-27(13-15)19-3-2-17(24-25-19)16-4-6-21-7-5-16/h2-10,15H,11-13H2,1H3,(H,22,23). The van der Waals surface area contributed by atoms with Gasteiger partial charge in [-0.2, -0.15) is 5.10 Å². The molecular formula is C20H20N8. The Labute approximate surface area is 162 Å². The summed E-state index contributed by atoms with van der Waals surface area (Å²) in [4.78, 5) is 10.7. The van der Waals surface area contributed by atoms with E-state index in [0.29, 0.717) is 5.92 Å². The van der Waals surface area contributed by atoms with Gasteiger partial charge in [-0.15, -0.1) is 10.2 Å². The maximum atomic E-state index is 4.45. The van der Waals surface area contributed by atoms with Crippen molar-refractivity contribution in [3.05, 3.63) is 60.8 Å². The Kier molecular flexibility index (Phi) is 4.08. The van der Waals surface area contributed by atoms with Crippen LogP contribution in [0.1, 0.15) is 5.69 Å². The van der Waals surface area contributed by atoms with Crippen molar-refractivity contribution in [3.63, 3.8) is 0 Å². The van der Waals surface area contributed by atoms with Crippen LogP contribution < -0.4 is 10.2 Å². The fourth-order valence-corrected chi connectivity index (χ4v) is 3.48. The van der Waals surface area contributed by atoms with Crippen molar-refractivity contribution in [2.24, 2.45) is 5.92 Å². The summed E-state index contributed by atoms with van der Waals surface area (Å²) in [6.45, 7) is 4.77. The molecule has 1 saturated heterocycles. The molecule has 1 fully saturated rings. The van der Waals surface area contributed by atoms with Crippen molar-refractivity contribution in [1.29, 1.82) is 0 Å². The lowest BCUT2D eigenvalue weighted by Gasteiger charge is -2.40. The average Bonchev–Trinajstić information content (AvgIpc) is 3.09. The van der Waals surface area contributed by atoms with Crippen LogP contribution in [0, 0.1) is 12.8 Å². The fourth-order valence-electron chi connectivity index (χ4n) is 3.48. The van der Waals surface area contributed by atoms with Crippen LogP contribution in [0.15, 0.2) is 55.1 Å². The second kappa shape index (κ2) is 6.88. The maximum absolute atomic E-state index is 4.45. The van der Waals surface area contributed by atoms with Crippen molar-refractivity contribution >= 4 is 17.2 Å². The van der Waals surface area contributed by atoms with E-state index >= 15 is 0 Å². The molecule has 0 unspecified atom stereocenters. The van der Waals surface area contributed by atoms with Gasteiger partial charge in [0.2, 0.25) is 0 Å². The molecule has 8 heteroatoms. The smallest absolute Gasteiger partial charge is 0.152 e. The van der Waals surface area contributed by atoms with Crippen molar-refractivity contribution in [2.45, 2.75) is 6.92 Å². The van der Waals surface area contributed by atoms with Gasteiger partial charge in [-0.05, 0) is 37.3 Å². The quantitative estimate of drug-likeness (QED) is 0.576. The molecule has 0 aromatic carbocycles. The van der Waals surface area contributed by atoms with Crippen LogP contribution in [-0.2, 0) is 0 Å². The highest BCUT2D eigenvalue weighted by molar-refractivity contribution is 5.67. The summed E-state index contributed by atoms with van der Waals surface area (Å²) in [5.74, 6) is 2.34. The molecule has 0 saturated carbocycles. The molecule has 28 heavy (non-hydrogen) atoms. The topological polar surface area (TPSA) is 84.1 Å². The molecule has 5 heterocycles. The molecule has 4 aromatic heterocycles. The third-order valence-electron chi connectivity index (χ3n) is 4.98. The highest BCUT2D eigenvalue weighted by atomic mass is 15.3. The highest BCUT2D eigenvalue weighted by Gasteiger charge is 2.28. The van der Waals surface area contributed by atoms with Gasteiger partial charge in [-0.3, -0.25) is 4.98 Å². The van der Waals surface area contributed by atoms with Gasteiger partial charge in [0, 0.05) is 55.9 Å². The summed E-state index contributed by atoms with van der Waals surface area (Å²) in [5, 5.41) is 16.6. The van der Waals surface area contributed by atoms with Gasteiger partial charge in [0.1, 0.15) is 5.52 Å². The number of hydrogen-bond donors (Lipinski definition) is 1. The second-order valence-corrected chi connectivity index (χ2v) is 7.06. The van der Waals surface area contributed by atoms with Gasteiger partial charge in [0.05, 0.1) is 11.4 Å². The highest BCUT2D eigenvalue weighted by Crippen LogP contribution is 2.25. The maximum Gasteiger partial charge on any atom is 0.152 e. The van der Waals surface area contributed by atoms with Crippen LogP contribution in [0.3, 0.4) is 0 Å². The molecule has 4 aromatic rings. The fraction of sp³-hybridized carbons (Fsp3) is 0.250. The molecule has 1 aliphatic rings. The monoisotopic (exact) mass is 372 g/mol. The zero-order chi connectivity index (χ0) is 18.9. The predicted molar refractivity (Wildman–Crippen MR) is 107 cm³/mol. The lowest BCUT2D eigenvalue weighted by Crippen LogP contribution is -2.50. The molecule has 1 aliphatic heterocycles. The number of aryl methyl sites for hydroxylation is 1. The third-order valence-corrected chi connectivity index (χ3v) is 4.98. The van der Waals surface area contributed by atoms with Gasteiger partial charge in [0.25, 0.3) is 0 Å². The lowest BCUT2D eigenvalue weighted by molar-refractivity contribution is 0.425. The molecule has 5 rings (SSSR count). The number of nitrogens with one attached hydrogen (secondary N) is 1. The van der Waals surface area contributed by atoms with Crippen LogP contribution in [0.5, 0.6) is 0 Å². The van der Waals surface area contributed by atoms with Crippen molar-refractivity contribution in [2.75, 3.05) is 29.9 Å². The van der Waals surface area contributed by atoms with E-state index in [2.05, 4.69) is 35.5 Å². The SMILES string of the molecule is Cc1cc2c(NCC3CN(c4ccc(-c5ccncc5)nn4)C3)nccn2n1. The molecule has 8 nitrogen and oxygen atoms in total. The van der Waals surface area contributed by atoms with E-state index in [4.69, 9.17) is 0 Å². The predicted octanol–water partition coefficient (Wildman–Crippen LogP) is 2.44. The van der Waals surface area contributed by atoms with Crippen molar-refractivity contribution in [3.8, 4) is 11.3 Å². The summed E-state index contributed by atoms with van der Waals surface area (Å²) >= 11 is 0. The van der Waals surface area contributed by atoms with E-state index in [1.165, 1.54) is 0 Å². The van der Waals surface area contributed by atoms with Gasteiger partial charge in [-0.1, -0.05) is 0 Å². The van der Waals surface area contributed by atoms with Crippen LogP contribution in [0.2, 0.25) is 0 Å². The van der Waals surface area contributed by atoms with Crippen molar-refractivity contribution in [1.82, 2.24) is 29.8 Å². The minimum Gasteiger partial charge on any atom is -0.368 e. The normalized spacial score (nSPS) is 14.2. The number of aromatic nitrogens is 6. The van der Waals surface area contributed by atoms with E-state index in [1.807, 2.05) is 48.0 Å². The van der Waals surface area contributed by atoms with E-state index < -0.39 is 0 Å². The van der Waals surface area contributed by atoms with E-state index in [1.54, 1.807) is 18.6 Å². The van der Waals surface area contributed by atoms with Crippen LogP contribution in [-0.4, -0.2) is 49.4 Å². The molecule has 140 valence electrons. The number of nitrogens with zero attached hydrogens (tertiary/aromatic N) is 7. The Bertz CT molecular complexity index is 1080. The van der Waals surface area contributed by atoms with Crippen molar-refractivity contribution < 1.29 is 0 Å². The number of hydrogen-bond acceptors (Lipinski definition) is 7. The van der Waals surface area contributed by atoms with Gasteiger partial charge >= 0.3 is 0 Å². The number of pyridine rings is 1. The summed E-state index contributed by atoms with van der Waals surface area (Å²) < 4.78 is 1.86. The first-order valence-electron chi connectivity index (χ1n) is 9.30. The largest absolute Gasteiger partial charge is 0.368 e. The second-order valence-electron chi connectivity index (χ2n) is 7.06. The molecule has 0 aliphatic carbocycles. The van der Waals surface area contributed by atoms with Crippen LogP contribution in [0.4, 0.5) is 11.6 Å². The molecule has 0 bridgehead atoms. The first-order chi connectivity index (χ1) is 13.8. The summed E-state index contributed by atoms with van der Waals surface area (Å²) in [6.07, 6.45) is 7.17. The number of anilines is 2. The van der Waals surface area contributed by atoms with E-state index in [0.717, 1.165) is 53.7 Å². The van der Waals surface area contributed by atoms with Crippen LogP contribution in [0.25, 0.3) is 16.8 Å². The summed E-state index contributed by atoms with van der Waals surface area (Å²) in [7, 11) is 0. The Hall–Kier alpha value is -3.55. The molecular weight excluding hydrogens is 352 g/mol. The number of fused-ring (bicyclic) bond motifs is 1. The molecule has 0 radical (unpaired) electrons. The Balaban J connectivity index is 1.18. The third kappa shape index (κ3) is 3.13. The van der Waals surface area contributed by atoms with Gasteiger partial charge < -0.3 is 10.2 Å². The zero-order valence-corrected chi connectivity index (χ0v) is 15.5. The Morgan fingerprint density at radius 2 is 1.93 bits per heavy atom. The molecule has 1 N–H and O–H groups in total. The average molecular weight is 372 g/mol. The minimum absolute atomic E-state index is 0.549. The lowest BCUT2D eigenvalue weighted by atomic mass is 10.0. The van der Waals surface area contributed by atoms with E-state index in [9.17, 15) is 0 Å². The summed E-state index contributed by atoms with van der Waals surface area (Å²) in [5.41, 5.74) is 3.88. The Morgan fingerprint density at radius 1 is 1.07 bits per heavy atom. The van der Waals surface area contributed by atoms with Crippen LogP contribution >= 0.6 is 0 Å². The summed E-state index contributed by atoms with van der Waals surface area (Å²) in [6, 6.07) is 9.96. The minimum atomic E-state index is 0.549. The molecule has 0 spiro atoms. The van der Waals surface area contributed by atoms with E-state index in [-0.39, 0.29) is 0 Å². The molecule has 0 amide bonds. The van der Waals surface area contributed by atoms with Gasteiger partial charge in [-0.25, -0.2) is 9.50 Å². The first kappa shape index (κ1) is 16.6. The Morgan fingerprint density at radius 3 is 2.71 bits per heavy atom. The van der Waals surface area contributed by atoms with Gasteiger partial charge in [0.15, 0.2) is 11.6 Å².